The van der Waals surface area contributed by atoms with Crippen LogP contribution in [0.25, 0.3) is 6.08 Å². The molecule has 0 bridgehead atoms. The number of benzene rings is 1. The lowest BCUT2D eigenvalue weighted by Gasteiger charge is -2.10. The topological polar surface area (TPSA) is 38.7 Å². The highest BCUT2D eigenvalue weighted by Gasteiger charge is 2.03. The molecule has 1 rings (SSSR count). The predicted molar refractivity (Wildman–Crippen MR) is 64.9 cm³/mol. The quantitative estimate of drug-likeness (QED) is 0.803. The number of aliphatic hydroxyl groups excluding tert-OH is 1. The van der Waals surface area contributed by atoms with Gasteiger partial charge in [0.2, 0.25) is 0 Å². The molecular formula is C13H18O3. The molecule has 88 valence electrons. The number of methoxy groups -OCH3 is 1. The van der Waals surface area contributed by atoms with Gasteiger partial charge >= 0.3 is 0 Å². The fourth-order valence-corrected chi connectivity index (χ4v) is 1.31. The molecule has 0 atom stereocenters. The van der Waals surface area contributed by atoms with Gasteiger partial charge in [0.05, 0.1) is 20.3 Å². The molecule has 3 nitrogen and oxygen atoms in total. The lowest BCUT2D eigenvalue weighted by atomic mass is 10.2. The molecule has 0 spiro atoms. The van der Waals surface area contributed by atoms with E-state index in [1.807, 2.05) is 24.3 Å². The average Bonchev–Trinajstić information content (AvgIpc) is 2.34. The molecule has 0 radical (unpaired) electrons. The fourth-order valence-electron chi connectivity index (χ4n) is 1.31. The monoisotopic (exact) mass is 222 g/mol. The van der Waals surface area contributed by atoms with Crippen molar-refractivity contribution >= 4 is 6.08 Å². The molecule has 0 aromatic heterocycles. The van der Waals surface area contributed by atoms with Crippen LogP contribution in [0, 0.1) is 0 Å². The number of ether oxygens (including phenoxy) is 2. The van der Waals surface area contributed by atoms with Crippen LogP contribution in [0.5, 0.6) is 11.5 Å². The van der Waals surface area contributed by atoms with E-state index in [1.54, 1.807) is 13.2 Å². The number of hydrogen-bond donors (Lipinski definition) is 1. The minimum Gasteiger partial charge on any atom is -0.493 e. The molecule has 0 saturated carbocycles. The third-order valence-corrected chi connectivity index (χ3v) is 2.07. The van der Waals surface area contributed by atoms with E-state index in [9.17, 15) is 0 Å². The van der Waals surface area contributed by atoms with E-state index in [0.29, 0.717) is 12.4 Å². The van der Waals surface area contributed by atoms with E-state index in [1.165, 1.54) is 0 Å². The number of rotatable bonds is 6. The summed E-state index contributed by atoms with van der Waals surface area (Å²) < 4.78 is 10.8. The van der Waals surface area contributed by atoms with Crippen LogP contribution in [0.4, 0.5) is 0 Å². The van der Waals surface area contributed by atoms with Gasteiger partial charge in [0.15, 0.2) is 11.5 Å². The van der Waals surface area contributed by atoms with Crippen LogP contribution in [0.15, 0.2) is 24.3 Å². The predicted octanol–water partition coefficient (Wildman–Crippen LogP) is 2.49. The van der Waals surface area contributed by atoms with E-state index in [-0.39, 0.29) is 6.61 Å². The van der Waals surface area contributed by atoms with Crippen molar-refractivity contribution in [1.82, 2.24) is 0 Å². The Morgan fingerprint density at radius 3 is 2.75 bits per heavy atom. The Hall–Kier alpha value is -1.48. The van der Waals surface area contributed by atoms with Crippen LogP contribution < -0.4 is 9.47 Å². The van der Waals surface area contributed by atoms with E-state index in [0.717, 1.165) is 17.7 Å². The molecule has 0 aliphatic carbocycles. The Balaban J connectivity index is 2.83. The third-order valence-electron chi connectivity index (χ3n) is 2.07. The highest BCUT2D eigenvalue weighted by atomic mass is 16.5. The van der Waals surface area contributed by atoms with Crippen molar-refractivity contribution in [2.75, 3.05) is 20.3 Å². The first-order valence-corrected chi connectivity index (χ1v) is 5.40. The Morgan fingerprint density at radius 2 is 2.12 bits per heavy atom. The Morgan fingerprint density at radius 1 is 1.31 bits per heavy atom. The second-order valence-corrected chi connectivity index (χ2v) is 3.34. The van der Waals surface area contributed by atoms with E-state index in [2.05, 4.69) is 6.92 Å². The fraction of sp³-hybridized carbons (Fsp3) is 0.385. The van der Waals surface area contributed by atoms with Crippen molar-refractivity contribution in [3.8, 4) is 11.5 Å². The van der Waals surface area contributed by atoms with Crippen LogP contribution >= 0.6 is 0 Å². The van der Waals surface area contributed by atoms with Crippen LogP contribution in [0.3, 0.4) is 0 Å². The molecular weight excluding hydrogens is 204 g/mol. The van der Waals surface area contributed by atoms with Gasteiger partial charge in [-0.15, -0.1) is 0 Å². The maximum absolute atomic E-state index is 8.68. The zero-order chi connectivity index (χ0) is 11.8. The van der Waals surface area contributed by atoms with Gasteiger partial charge in [-0.1, -0.05) is 25.1 Å². The van der Waals surface area contributed by atoms with Gasteiger partial charge < -0.3 is 14.6 Å². The lowest BCUT2D eigenvalue weighted by molar-refractivity contribution is 0.294. The molecule has 0 amide bonds. The standard InChI is InChI=1S/C13H18O3/c1-3-9-16-12-7-6-11(5-4-8-14)10-13(12)15-2/h4-7,10,14H,3,8-9H2,1-2H3/b5-4+. The SMILES string of the molecule is CCCOc1ccc(/C=C/CO)cc1OC. The maximum atomic E-state index is 8.68. The zero-order valence-electron chi connectivity index (χ0n) is 9.77. The van der Waals surface area contributed by atoms with Gasteiger partial charge in [0.25, 0.3) is 0 Å². The Labute approximate surface area is 96.3 Å². The molecule has 0 saturated heterocycles. The van der Waals surface area contributed by atoms with Crippen molar-refractivity contribution < 1.29 is 14.6 Å². The first kappa shape index (κ1) is 12.6. The number of aliphatic hydroxyl groups is 1. The summed E-state index contributed by atoms with van der Waals surface area (Å²) >= 11 is 0. The van der Waals surface area contributed by atoms with Crippen LogP contribution in [-0.2, 0) is 0 Å². The van der Waals surface area contributed by atoms with Crippen molar-refractivity contribution in [3.05, 3.63) is 29.8 Å². The van der Waals surface area contributed by atoms with Crippen LogP contribution in [0.2, 0.25) is 0 Å². The second-order valence-electron chi connectivity index (χ2n) is 3.34. The van der Waals surface area contributed by atoms with Crippen LogP contribution in [0.1, 0.15) is 18.9 Å². The van der Waals surface area contributed by atoms with Crippen molar-refractivity contribution in [3.63, 3.8) is 0 Å². The summed E-state index contributed by atoms with van der Waals surface area (Å²) in [5.74, 6) is 1.47. The molecule has 0 aliphatic rings. The van der Waals surface area contributed by atoms with Crippen LogP contribution in [-0.4, -0.2) is 25.4 Å². The number of hydrogen-bond acceptors (Lipinski definition) is 3. The Kier molecular flexibility index (Phi) is 5.43. The van der Waals surface area contributed by atoms with E-state index < -0.39 is 0 Å². The van der Waals surface area contributed by atoms with Gasteiger partial charge in [-0.3, -0.25) is 0 Å². The van der Waals surface area contributed by atoms with Gasteiger partial charge in [0, 0.05) is 0 Å². The summed E-state index contributed by atoms with van der Waals surface area (Å²) in [6, 6.07) is 5.70. The smallest absolute Gasteiger partial charge is 0.161 e. The van der Waals surface area contributed by atoms with Crippen molar-refractivity contribution in [1.29, 1.82) is 0 Å². The Bertz CT molecular complexity index is 345. The maximum Gasteiger partial charge on any atom is 0.161 e. The molecule has 16 heavy (non-hydrogen) atoms. The minimum atomic E-state index is 0.0381. The van der Waals surface area contributed by atoms with E-state index in [4.69, 9.17) is 14.6 Å². The average molecular weight is 222 g/mol. The minimum absolute atomic E-state index is 0.0381. The zero-order valence-corrected chi connectivity index (χ0v) is 9.77. The summed E-state index contributed by atoms with van der Waals surface area (Å²) in [5, 5.41) is 8.68. The van der Waals surface area contributed by atoms with Crippen molar-refractivity contribution in [2.24, 2.45) is 0 Å². The third kappa shape index (κ3) is 3.59. The van der Waals surface area contributed by atoms with Gasteiger partial charge in [-0.25, -0.2) is 0 Å². The summed E-state index contributed by atoms with van der Waals surface area (Å²) in [5.41, 5.74) is 0.981. The summed E-state index contributed by atoms with van der Waals surface area (Å²) in [4.78, 5) is 0. The first-order chi connectivity index (χ1) is 7.81. The highest BCUT2D eigenvalue weighted by molar-refractivity contribution is 5.55. The highest BCUT2D eigenvalue weighted by Crippen LogP contribution is 2.28. The van der Waals surface area contributed by atoms with Gasteiger partial charge in [-0.2, -0.15) is 0 Å². The first-order valence-electron chi connectivity index (χ1n) is 5.40. The molecule has 1 aromatic rings. The molecule has 1 N–H and O–H groups in total. The molecule has 1 aromatic carbocycles. The van der Waals surface area contributed by atoms with Gasteiger partial charge in [0.1, 0.15) is 0 Å². The van der Waals surface area contributed by atoms with E-state index >= 15 is 0 Å². The summed E-state index contributed by atoms with van der Waals surface area (Å²) in [6.45, 7) is 2.78. The summed E-state index contributed by atoms with van der Waals surface area (Å²) in [6.07, 6.45) is 4.49. The largest absolute Gasteiger partial charge is 0.493 e. The summed E-state index contributed by atoms with van der Waals surface area (Å²) in [7, 11) is 1.62. The molecule has 3 heteroatoms. The normalized spacial score (nSPS) is 10.7. The van der Waals surface area contributed by atoms with Gasteiger partial charge in [-0.05, 0) is 24.1 Å². The second kappa shape index (κ2) is 6.90. The van der Waals surface area contributed by atoms with Crippen molar-refractivity contribution in [2.45, 2.75) is 13.3 Å². The molecule has 0 fully saturated rings. The molecule has 0 heterocycles. The molecule has 0 unspecified atom stereocenters. The molecule has 0 aliphatic heterocycles. The lowest BCUT2D eigenvalue weighted by Crippen LogP contribution is -1.97.